The van der Waals surface area contributed by atoms with Crippen LogP contribution in [0.15, 0.2) is 28.8 Å². The normalized spacial score (nSPS) is 21.4. The van der Waals surface area contributed by atoms with Crippen LogP contribution in [0.3, 0.4) is 0 Å². The molecule has 0 radical (unpaired) electrons. The van der Waals surface area contributed by atoms with Gasteiger partial charge in [-0.2, -0.15) is 0 Å². The number of hydrogen-bond donors (Lipinski definition) is 1. The molecule has 29 heavy (non-hydrogen) atoms. The minimum atomic E-state index is -1.58. The number of methoxy groups -OCH3 is 1. The predicted molar refractivity (Wildman–Crippen MR) is 97.6 cm³/mol. The molecule has 12 heteroatoms. The summed E-state index contributed by atoms with van der Waals surface area (Å²) >= 11 is 2.68. The number of nitrogens with one attached hydrogen (secondary N) is 1. The van der Waals surface area contributed by atoms with E-state index < -0.39 is 35.6 Å². The van der Waals surface area contributed by atoms with Gasteiger partial charge in [0, 0.05) is 30.2 Å². The van der Waals surface area contributed by atoms with Gasteiger partial charge in [0.1, 0.15) is 11.4 Å². The van der Waals surface area contributed by atoms with Crippen LogP contribution in [-0.4, -0.2) is 59.2 Å². The van der Waals surface area contributed by atoms with Crippen LogP contribution in [0.25, 0.3) is 0 Å². The molecule has 1 aromatic rings. The van der Waals surface area contributed by atoms with Crippen LogP contribution in [0.1, 0.15) is 11.8 Å². The number of hydrogen-bond acceptors (Lipinski definition) is 9. The fraction of sp³-hybridized carbons (Fsp3) is 0.412. The maximum Gasteiger partial charge on any atom is 1.00 e. The van der Waals surface area contributed by atoms with E-state index in [1.807, 2.05) is 17.5 Å². The first-order valence-corrected chi connectivity index (χ1v) is 10.2. The first-order valence-electron chi connectivity index (χ1n) is 8.24. The Balaban J connectivity index is 0.00000300. The van der Waals surface area contributed by atoms with Crippen LogP contribution in [0, 0.1) is 0 Å². The van der Waals surface area contributed by atoms with Gasteiger partial charge in [0.05, 0.1) is 18.1 Å². The van der Waals surface area contributed by atoms with E-state index in [0.29, 0.717) is 0 Å². The van der Waals surface area contributed by atoms with Crippen molar-refractivity contribution in [3.63, 3.8) is 0 Å². The van der Waals surface area contributed by atoms with Crippen molar-refractivity contribution < 1.29 is 63.3 Å². The second-order valence-electron chi connectivity index (χ2n) is 6.05. The number of carbonyl (C=O) groups excluding carboxylic acids is 4. The maximum atomic E-state index is 12.6. The van der Waals surface area contributed by atoms with E-state index in [1.54, 1.807) is 0 Å². The molecule has 1 unspecified atom stereocenters. The number of β-lactam (4-membered cyclic amide) rings is 1. The minimum absolute atomic E-state index is 0. The Hall–Kier alpha value is -1.37. The van der Waals surface area contributed by atoms with E-state index in [-0.39, 0.29) is 58.9 Å². The summed E-state index contributed by atoms with van der Waals surface area (Å²) in [6, 6.07) is 2.81. The Labute approximate surface area is 197 Å². The molecule has 0 saturated carbocycles. The molecule has 1 fully saturated rings. The quantitative estimate of drug-likeness (QED) is 0.195. The van der Waals surface area contributed by atoms with E-state index in [4.69, 9.17) is 9.47 Å². The number of amides is 2. The molecule has 1 saturated heterocycles. The zero-order chi connectivity index (χ0) is 20.4. The van der Waals surface area contributed by atoms with Crippen molar-refractivity contribution in [1.29, 1.82) is 0 Å². The number of rotatable bonds is 7. The van der Waals surface area contributed by atoms with Gasteiger partial charge in [0.15, 0.2) is 0 Å². The minimum Gasteiger partial charge on any atom is -0.543 e. The molecular weight excluding hydrogens is 431 g/mol. The average molecular weight is 448 g/mol. The molecule has 9 nitrogen and oxygen atoms in total. The Morgan fingerprint density at radius 1 is 1.41 bits per heavy atom. The van der Waals surface area contributed by atoms with Gasteiger partial charge in [-0.15, -0.1) is 23.1 Å². The molecule has 3 rings (SSSR count). The molecule has 1 aromatic heterocycles. The molecule has 150 valence electrons. The van der Waals surface area contributed by atoms with E-state index >= 15 is 0 Å². The zero-order valence-corrected chi connectivity index (χ0v) is 19.6. The summed E-state index contributed by atoms with van der Waals surface area (Å²) in [4.78, 5) is 49.6. The van der Waals surface area contributed by atoms with Crippen molar-refractivity contribution in [2.75, 3.05) is 12.9 Å². The van der Waals surface area contributed by atoms with Gasteiger partial charge in [-0.1, -0.05) is 6.07 Å². The van der Waals surface area contributed by atoms with E-state index in [9.17, 15) is 24.3 Å². The Morgan fingerprint density at radius 2 is 2.14 bits per heavy atom. The number of fused-ring (bicyclic) bond motifs is 1. The first kappa shape index (κ1) is 23.9. The predicted octanol–water partition coefficient (Wildman–Crippen LogP) is -3.77. The summed E-state index contributed by atoms with van der Waals surface area (Å²) in [6.45, 7) is 1.16. The van der Waals surface area contributed by atoms with Gasteiger partial charge in [-0.3, -0.25) is 19.3 Å². The number of aliphatic carboxylic acids is 1. The Morgan fingerprint density at radius 3 is 2.69 bits per heavy atom. The van der Waals surface area contributed by atoms with Crippen molar-refractivity contribution >= 4 is 46.9 Å². The van der Waals surface area contributed by atoms with Crippen LogP contribution in [0.2, 0.25) is 0 Å². The average Bonchev–Trinajstić information content (AvgIpc) is 3.15. The van der Waals surface area contributed by atoms with E-state index in [1.165, 1.54) is 30.2 Å². The van der Waals surface area contributed by atoms with E-state index in [0.717, 1.165) is 16.7 Å². The van der Waals surface area contributed by atoms with Crippen LogP contribution < -0.4 is 40.0 Å². The third-order valence-electron chi connectivity index (χ3n) is 4.19. The Kier molecular flexibility index (Phi) is 8.32. The number of carboxylic acid groups (broad SMARTS) is 1. The van der Waals surface area contributed by atoms with Crippen LogP contribution >= 0.6 is 23.1 Å². The van der Waals surface area contributed by atoms with Gasteiger partial charge in [-0.05, 0) is 11.4 Å². The number of carbonyl (C=O) groups is 4. The number of thioether (sulfide) groups is 1. The van der Waals surface area contributed by atoms with Crippen molar-refractivity contribution in [3.8, 4) is 0 Å². The standard InChI is InChI=1S/C17H18N2O7S2.Na/c1-8(20)26-17(25-2)10-7-28-15-12(14(22)19(15)13(10)16(23)24)18-11(21)6-9-4-3-5-27-9;/h3-5,12,15,17H,6-7H2,1-2H3,(H,18,21)(H,23,24);/q;+1/p-1/t12-,15-,17?;/m1./s1. The maximum absolute atomic E-state index is 12.6. The molecule has 2 aliphatic rings. The number of thiophene rings is 1. The second kappa shape index (κ2) is 10.1. The third kappa shape index (κ3) is 5.04. The summed E-state index contributed by atoms with van der Waals surface area (Å²) in [7, 11) is 1.26. The zero-order valence-electron chi connectivity index (χ0n) is 16.0. The summed E-state index contributed by atoms with van der Waals surface area (Å²) in [6.07, 6.45) is -1.09. The molecule has 0 aliphatic carbocycles. The first-order chi connectivity index (χ1) is 13.3. The van der Waals surface area contributed by atoms with Gasteiger partial charge >= 0.3 is 35.5 Å². The van der Waals surface area contributed by atoms with Crippen molar-refractivity contribution in [3.05, 3.63) is 33.7 Å². The largest absolute Gasteiger partial charge is 1.00 e. The second-order valence-corrected chi connectivity index (χ2v) is 8.19. The fourth-order valence-corrected chi connectivity index (χ4v) is 5.08. The van der Waals surface area contributed by atoms with Crippen LogP contribution in [-0.2, 0) is 35.1 Å². The van der Waals surface area contributed by atoms with Crippen molar-refractivity contribution in [2.24, 2.45) is 0 Å². The number of carboxylic acids is 1. The number of nitrogens with zero attached hydrogens (tertiary/aromatic N) is 1. The smallest absolute Gasteiger partial charge is 0.543 e. The summed E-state index contributed by atoms with van der Waals surface area (Å²) in [5, 5.41) is 15.6. The van der Waals surface area contributed by atoms with Gasteiger partial charge in [-0.25, -0.2) is 0 Å². The Bertz CT molecular complexity index is 843. The summed E-state index contributed by atoms with van der Waals surface area (Å²) < 4.78 is 10.0. The molecule has 0 aromatic carbocycles. The molecule has 3 heterocycles. The third-order valence-corrected chi connectivity index (χ3v) is 6.37. The van der Waals surface area contributed by atoms with Crippen molar-refractivity contribution in [1.82, 2.24) is 10.2 Å². The molecule has 2 amide bonds. The molecule has 3 atom stereocenters. The molecular formula is C17H17N2NaO7S2. The monoisotopic (exact) mass is 448 g/mol. The number of esters is 1. The van der Waals surface area contributed by atoms with E-state index in [2.05, 4.69) is 5.32 Å². The molecule has 2 aliphatic heterocycles. The topological polar surface area (TPSA) is 125 Å². The molecule has 0 bridgehead atoms. The van der Waals surface area contributed by atoms with Gasteiger partial charge < -0.3 is 24.7 Å². The summed E-state index contributed by atoms with van der Waals surface area (Å²) in [5.74, 6) is -2.98. The SMILES string of the molecule is COC(OC(C)=O)C1=C(C(=O)[O-])N2C(=O)[C@@H](NC(=O)Cc3cccs3)[C@H]2SC1.[Na+]. The molecule has 1 N–H and O–H groups in total. The summed E-state index contributed by atoms with van der Waals surface area (Å²) in [5.41, 5.74) is -0.263. The number of ether oxygens (including phenoxy) is 2. The van der Waals surface area contributed by atoms with Crippen LogP contribution in [0.4, 0.5) is 0 Å². The van der Waals surface area contributed by atoms with Gasteiger partial charge in [0.25, 0.3) is 5.91 Å². The van der Waals surface area contributed by atoms with Gasteiger partial charge in [0.2, 0.25) is 12.2 Å². The molecule has 0 spiro atoms. The van der Waals surface area contributed by atoms with Crippen molar-refractivity contribution in [2.45, 2.75) is 31.1 Å². The van der Waals surface area contributed by atoms with Crippen LogP contribution in [0.5, 0.6) is 0 Å². The fourth-order valence-electron chi connectivity index (χ4n) is 3.02.